The molecule has 0 bridgehead atoms. The zero-order valence-electron chi connectivity index (χ0n) is 49.8. The van der Waals surface area contributed by atoms with Crippen molar-refractivity contribution in [3.63, 3.8) is 0 Å². The first kappa shape index (κ1) is 72.1. The van der Waals surface area contributed by atoms with Gasteiger partial charge in [-0.2, -0.15) is 0 Å². The van der Waals surface area contributed by atoms with Gasteiger partial charge in [0.1, 0.15) is 0 Å². The van der Waals surface area contributed by atoms with Gasteiger partial charge in [-0.1, -0.05) is 301 Å². The van der Waals surface area contributed by atoms with Crippen LogP contribution in [0.25, 0.3) is 0 Å². The van der Waals surface area contributed by atoms with Crippen molar-refractivity contribution in [3.8, 4) is 0 Å². The molecular formula is C68H129NO5. The Morgan fingerprint density at radius 3 is 1.07 bits per heavy atom. The molecule has 0 aliphatic rings. The third-order valence-corrected chi connectivity index (χ3v) is 15.4. The van der Waals surface area contributed by atoms with Gasteiger partial charge in [0.15, 0.2) is 0 Å². The molecule has 0 aromatic heterocycles. The number of allylic oxidation sites excluding steroid dienone is 6. The molecule has 0 saturated heterocycles. The zero-order chi connectivity index (χ0) is 53.6. The highest BCUT2D eigenvalue weighted by Gasteiger charge is 2.20. The number of amides is 1. The average Bonchev–Trinajstić information content (AvgIpc) is 3.40. The monoisotopic (exact) mass is 1040 g/mol. The Labute approximate surface area is 462 Å². The van der Waals surface area contributed by atoms with E-state index in [2.05, 4.69) is 55.6 Å². The van der Waals surface area contributed by atoms with E-state index >= 15 is 0 Å². The highest BCUT2D eigenvalue weighted by atomic mass is 16.5. The maximum Gasteiger partial charge on any atom is 0.305 e. The summed E-state index contributed by atoms with van der Waals surface area (Å²) in [5, 5.41) is 23.3. The number of aliphatic hydroxyl groups is 2. The highest BCUT2D eigenvalue weighted by molar-refractivity contribution is 5.76. The van der Waals surface area contributed by atoms with Crippen LogP contribution in [0.3, 0.4) is 0 Å². The zero-order valence-corrected chi connectivity index (χ0v) is 49.8. The predicted octanol–water partition coefficient (Wildman–Crippen LogP) is 21.1. The summed E-state index contributed by atoms with van der Waals surface area (Å²) in [6.07, 6.45) is 80.3. The van der Waals surface area contributed by atoms with Gasteiger partial charge in [-0.3, -0.25) is 9.59 Å². The maximum atomic E-state index is 12.5. The Balaban J connectivity index is 3.37. The maximum absolute atomic E-state index is 12.5. The number of carbonyl (C=O) groups is 2. The van der Waals surface area contributed by atoms with Crippen molar-refractivity contribution in [2.24, 2.45) is 0 Å². The molecule has 0 saturated carbocycles. The minimum atomic E-state index is -0.664. The Hall–Kier alpha value is -1.92. The molecular weight excluding hydrogens is 911 g/mol. The molecule has 74 heavy (non-hydrogen) atoms. The van der Waals surface area contributed by atoms with Crippen LogP contribution in [0.1, 0.15) is 361 Å². The van der Waals surface area contributed by atoms with Crippen molar-refractivity contribution in [1.82, 2.24) is 5.32 Å². The summed E-state index contributed by atoms with van der Waals surface area (Å²) >= 11 is 0. The summed E-state index contributed by atoms with van der Waals surface area (Å²) in [4.78, 5) is 24.6. The van der Waals surface area contributed by atoms with Gasteiger partial charge in [-0.15, -0.1) is 0 Å². The van der Waals surface area contributed by atoms with Crippen molar-refractivity contribution >= 4 is 11.9 Å². The lowest BCUT2D eigenvalue weighted by Gasteiger charge is -2.22. The molecule has 1 amide bonds. The van der Waals surface area contributed by atoms with Gasteiger partial charge in [-0.05, 0) is 83.5 Å². The van der Waals surface area contributed by atoms with Crippen LogP contribution in [0.4, 0.5) is 0 Å². The van der Waals surface area contributed by atoms with E-state index in [0.29, 0.717) is 25.9 Å². The second kappa shape index (κ2) is 63.6. The van der Waals surface area contributed by atoms with Crippen molar-refractivity contribution in [2.75, 3.05) is 13.2 Å². The fraction of sp³-hybridized carbons (Fsp3) is 0.882. The fourth-order valence-corrected chi connectivity index (χ4v) is 10.3. The molecule has 0 rings (SSSR count). The summed E-state index contributed by atoms with van der Waals surface area (Å²) in [7, 11) is 0. The van der Waals surface area contributed by atoms with Crippen LogP contribution in [0.2, 0.25) is 0 Å². The van der Waals surface area contributed by atoms with Crippen LogP contribution < -0.4 is 5.32 Å². The van der Waals surface area contributed by atoms with Crippen molar-refractivity contribution in [1.29, 1.82) is 0 Å². The first-order valence-corrected chi connectivity index (χ1v) is 33.2. The van der Waals surface area contributed by atoms with E-state index in [0.717, 1.165) is 51.4 Å². The van der Waals surface area contributed by atoms with Crippen molar-refractivity contribution < 1.29 is 24.5 Å². The standard InChI is InChI=1S/C68H129NO5/c1-3-5-7-9-11-13-15-17-18-30-34-38-42-46-50-54-58-62-68(73)74-63-59-55-51-47-43-39-35-32-29-27-25-23-21-19-20-22-24-26-28-31-33-37-41-45-49-53-57-61-67(72)69-65(64-70)66(71)60-56-52-48-44-40-36-16-14-12-10-8-6-4-2/h11,13,17-20,65-66,70-71H,3-10,12,14-16,21-64H2,1-2H3,(H,69,72)/b13-11-,18-17-,20-19-. The van der Waals surface area contributed by atoms with Crippen molar-refractivity contribution in [3.05, 3.63) is 36.5 Å². The van der Waals surface area contributed by atoms with Gasteiger partial charge >= 0.3 is 5.97 Å². The number of aliphatic hydroxyl groups excluding tert-OH is 2. The lowest BCUT2D eigenvalue weighted by atomic mass is 10.0. The molecule has 0 heterocycles. The van der Waals surface area contributed by atoms with E-state index in [1.807, 2.05) is 0 Å². The third kappa shape index (κ3) is 59.3. The van der Waals surface area contributed by atoms with Crippen LogP contribution >= 0.6 is 0 Å². The van der Waals surface area contributed by atoms with Crippen LogP contribution in [-0.2, 0) is 14.3 Å². The van der Waals surface area contributed by atoms with Crippen LogP contribution in [-0.4, -0.2) is 47.4 Å². The molecule has 2 unspecified atom stereocenters. The molecule has 0 spiro atoms. The number of hydrogen-bond donors (Lipinski definition) is 3. The first-order chi connectivity index (χ1) is 36.5. The lowest BCUT2D eigenvalue weighted by Crippen LogP contribution is -2.45. The third-order valence-electron chi connectivity index (χ3n) is 15.4. The van der Waals surface area contributed by atoms with Gasteiger partial charge in [-0.25, -0.2) is 0 Å². The Morgan fingerprint density at radius 1 is 0.378 bits per heavy atom. The summed E-state index contributed by atoms with van der Waals surface area (Å²) in [6.45, 7) is 4.94. The molecule has 0 aromatic carbocycles. The van der Waals surface area contributed by atoms with E-state index < -0.39 is 12.1 Å². The average molecular weight is 1040 g/mol. The van der Waals surface area contributed by atoms with Gasteiger partial charge in [0.2, 0.25) is 5.91 Å². The molecule has 0 aliphatic carbocycles. The number of nitrogens with one attached hydrogen (secondary N) is 1. The molecule has 3 N–H and O–H groups in total. The summed E-state index contributed by atoms with van der Waals surface area (Å²) in [5.74, 6) is -0.0272. The normalized spacial score (nSPS) is 12.8. The summed E-state index contributed by atoms with van der Waals surface area (Å²) in [6, 6.07) is -0.541. The number of esters is 1. The number of ether oxygens (including phenoxy) is 1. The number of rotatable bonds is 62. The minimum absolute atomic E-state index is 0.00753. The Kier molecular flexibility index (Phi) is 62.0. The molecule has 2 atom stereocenters. The van der Waals surface area contributed by atoms with E-state index in [1.165, 1.54) is 276 Å². The largest absolute Gasteiger partial charge is 0.466 e. The molecule has 436 valence electrons. The van der Waals surface area contributed by atoms with Crippen LogP contribution in [0.5, 0.6) is 0 Å². The second-order valence-electron chi connectivity index (χ2n) is 22.8. The van der Waals surface area contributed by atoms with Gasteiger partial charge in [0.25, 0.3) is 0 Å². The van der Waals surface area contributed by atoms with E-state index in [9.17, 15) is 19.8 Å². The Morgan fingerprint density at radius 2 is 0.676 bits per heavy atom. The SMILES string of the molecule is CCCCC/C=C\C/C=C\CCCCCCCCCC(=O)OCCCCCCCCCCCCCC/C=C\CCCCCCCCCCCCCC(=O)NC(CO)C(O)CCCCCCCCCCCCCCC. The van der Waals surface area contributed by atoms with Crippen LogP contribution in [0.15, 0.2) is 36.5 Å². The fourth-order valence-electron chi connectivity index (χ4n) is 10.3. The Bertz CT molecular complexity index is 1200. The first-order valence-electron chi connectivity index (χ1n) is 33.2. The highest BCUT2D eigenvalue weighted by Crippen LogP contribution is 2.18. The molecule has 0 fully saturated rings. The lowest BCUT2D eigenvalue weighted by molar-refractivity contribution is -0.143. The topological polar surface area (TPSA) is 95.9 Å². The number of hydrogen-bond acceptors (Lipinski definition) is 5. The quantitative estimate of drug-likeness (QED) is 0.0320. The van der Waals surface area contributed by atoms with E-state index in [1.54, 1.807) is 0 Å². The molecule has 0 radical (unpaired) electrons. The summed E-state index contributed by atoms with van der Waals surface area (Å²) < 4.78 is 5.49. The molecule has 6 nitrogen and oxygen atoms in total. The van der Waals surface area contributed by atoms with Gasteiger partial charge in [0.05, 0.1) is 25.4 Å². The number of carbonyl (C=O) groups excluding carboxylic acids is 2. The number of unbranched alkanes of at least 4 members (excludes halogenated alkanes) is 45. The smallest absolute Gasteiger partial charge is 0.305 e. The predicted molar refractivity (Wildman–Crippen MR) is 324 cm³/mol. The van der Waals surface area contributed by atoms with E-state index in [4.69, 9.17) is 4.74 Å². The minimum Gasteiger partial charge on any atom is -0.466 e. The molecule has 6 heteroatoms. The van der Waals surface area contributed by atoms with Crippen molar-refractivity contribution in [2.45, 2.75) is 373 Å². The van der Waals surface area contributed by atoms with E-state index in [-0.39, 0.29) is 18.5 Å². The van der Waals surface area contributed by atoms with Gasteiger partial charge in [0, 0.05) is 12.8 Å². The summed E-state index contributed by atoms with van der Waals surface area (Å²) in [5.41, 5.74) is 0. The molecule has 0 aliphatic heterocycles. The second-order valence-corrected chi connectivity index (χ2v) is 22.8. The van der Waals surface area contributed by atoms with Gasteiger partial charge < -0.3 is 20.3 Å². The van der Waals surface area contributed by atoms with Crippen LogP contribution in [0, 0.1) is 0 Å². The molecule has 0 aromatic rings.